The summed E-state index contributed by atoms with van der Waals surface area (Å²) in [6.07, 6.45) is 0. The van der Waals surface area contributed by atoms with Crippen LogP contribution in [-0.4, -0.2) is 21.4 Å². The number of aryl methyl sites for hydroxylation is 1. The van der Waals surface area contributed by atoms with Crippen LogP contribution in [0.4, 0.5) is 5.69 Å². The number of hydrogen-bond donors (Lipinski definition) is 2. The molecule has 7 heteroatoms. The zero-order valence-electron chi connectivity index (χ0n) is 11.0. The SMILES string of the molecule is CNS(=O)(=O)c1ccc(C)c(NC(=O)c2cccs2)c1. The van der Waals surface area contributed by atoms with E-state index < -0.39 is 10.0 Å². The van der Waals surface area contributed by atoms with Gasteiger partial charge in [-0.3, -0.25) is 4.79 Å². The lowest BCUT2D eigenvalue weighted by molar-refractivity contribution is 0.103. The first-order valence-corrected chi connectivity index (χ1v) is 8.19. The van der Waals surface area contributed by atoms with Crippen LogP contribution in [0.5, 0.6) is 0 Å². The number of hydrogen-bond acceptors (Lipinski definition) is 4. The van der Waals surface area contributed by atoms with Gasteiger partial charge in [0.25, 0.3) is 5.91 Å². The molecule has 0 aliphatic rings. The second-order valence-corrected chi connectivity index (χ2v) is 6.95. The van der Waals surface area contributed by atoms with E-state index in [0.29, 0.717) is 10.6 Å². The maximum atomic E-state index is 12.0. The normalized spacial score (nSPS) is 11.3. The van der Waals surface area contributed by atoms with Crippen molar-refractivity contribution in [2.45, 2.75) is 11.8 Å². The van der Waals surface area contributed by atoms with Gasteiger partial charge in [-0.15, -0.1) is 11.3 Å². The number of sulfonamides is 1. The summed E-state index contributed by atoms with van der Waals surface area (Å²) in [5.74, 6) is -0.248. The van der Waals surface area contributed by atoms with Gasteiger partial charge in [-0.05, 0) is 43.1 Å². The van der Waals surface area contributed by atoms with Crippen LogP contribution in [0, 0.1) is 6.92 Å². The van der Waals surface area contributed by atoms with Crippen molar-refractivity contribution in [3.05, 3.63) is 46.2 Å². The summed E-state index contributed by atoms with van der Waals surface area (Å²) in [4.78, 5) is 12.7. The summed E-state index contributed by atoms with van der Waals surface area (Å²) in [5.41, 5.74) is 1.28. The van der Waals surface area contributed by atoms with E-state index in [1.807, 2.05) is 5.38 Å². The lowest BCUT2D eigenvalue weighted by atomic mass is 10.2. The van der Waals surface area contributed by atoms with E-state index in [9.17, 15) is 13.2 Å². The summed E-state index contributed by atoms with van der Waals surface area (Å²) in [7, 11) is -2.18. The predicted molar refractivity (Wildman–Crippen MR) is 79.7 cm³/mol. The van der Waals surface area contributed by atoms with Gasteiger partial charge in [0.2, 0.25) is 10.0 Å². The molecule has 1 aromatic heterocycles. The Labute approximate surface area is 121 Å². The second kappa shape index (κ2) is 5.74. The van der Waals surface area contributed by atoms with Crippen molar-refractivity contribution < 1.29 is 13.2 Å². The number of thiophene rings is 1. The minimum absolute atomic E-state index is 0.118. The second-order valence-electron chi connectivity index (χ2n) is 4.12. The molecule has 2 aromatic rings. The van der Waals surface area contributed by atoms with Crippen molar-refractivity contribution in [1.82, 2.24) is 4.72 Å². The predicted octanol–water partition coefficient (Wildman–Crippen LogP) is 2.22. The van der Waals surface area contributed by atoms with Crippen molar-refractivity contribution >= 4 is 33.0 Å². The van der Waals surface area contributed by atoms with Gasteiger partial charge in [-0.2, -0.15) is 0 Å². The first kappa shape index (κ1) is 14.7. The van der Waals surface area contributed by atoms with Crippen LogP contribution < -0.4 is 10.0 Å². The summed E-state index contributed by atoms with van der Waals surface area (Å²) in [6.45, 7) is 1.81. The molecule has 0 aliphatic heterocycles. The molecule has 1 amide bonds. The van der Waals surface area contributed by atoms with E-state index in [1.54, 1.807) is 25.1 Å². The molecule has 0 bridgehead atoms. The van der Waals surface area contributed by atoms with Gasteiger partial charge in [-0.25, -0.2) is 13.1 Å². The molecule has 1 aromatic carbocycles. The average Bonchev–Trinajstić information content (AvgIpc) is 2.95. The number of benzene rings is 1. The van der Waals surface area contributed by atoms with Crippen LogP contribution in [0.15, 0.2) is 40.6 Å². The Kier molecular flexibility index (Phi) is 4.22. The lowest BCUT2D eigenvalue weighted by Gasteiger charge is -2.10. The van der Waals surface area contributed by atoms with E-state index in [1.165, 1.54) is 30.5 Å². The van der Waals surface area contributed by atoms with Gasteiger partial charge in [0, 0.05) is 5.69 Å². The largest absolute Gasteiger partial charge is 0.321 e. The van der Waals surface area contributed by atoms with Crippen LogP contribution in [0.1, 0.15) is 15.2 Å². The highest BCUT2D eigenvalue weighted by atomic mass is 32.2. The molecule has 2 N–H and O–H groups in total. The Morgan fingerprint density at radius 1 is 1.25 bits per heavy atom. The fourth-order valence-corrected chi connectivity index (χ4v) is 2.99. The molecule has 1 heterocycles. The first-order chi connectivity index (χ1) is 9.44. The van der Waals surface area contributed by atoms with Crippen molar-refractivity contribution in [3.63, 3.8) is 0 Å². The summed E-state index contributed by atoms with van der Waals surface area (Å²) in [5, 5.41) is 4.54. The number of nitrogens with one attached hydrogen (secondary N) is 2. The topological polar surface area (TPSA) is 75.3 Å². The van der Waals surface area contributed by atoms with Gasteiger partial charge in [0.1, 0.15) is 0 Å². The number of carbonyl (C=O) groups excluding carboxylic acids is 1. The summed E-state index contributed by atoms with van der Waals surface area (Å²) in [6, 6.07) is 8.11. The monoisotopic (exact) mass is 310 g/mol. The van der Waals surface area contributed by atoms with Crippen LogP contribution in [0.25, 0.3) is 0 Å². The van der Waals surface area contributed by atoms with E-state index >= 15 is 0 Å². The first-order valence-electron chi connectivity index (χ1n) is 5.83. The van der Waals surface area contributed by atoms with Crippen LogP contribution in [-0.2, 0) is 10.0 Å². The molecule has 0 spiro atoms. The van der Waals surface area contributed by atoms with Crippen molar-refractivity contribution in [2.75, 3.05) is 12.4 Å². The Hall–Kier alpha value is -1.70. The van der Waals surface area contributed by atoms with Crippen LogP contribution in [0.2, 0.25) is 0 Å². The fraction of sp³-hybridized carbons (Fsp3) is 0.154. The molecule has 0 fully saturated rings. The quantitative estimate of drug-likeness (QED) is 0.909. The maximum absolute atomic E-state index is 12.0. The highest BCUT2D eigenvalue weighted by Gasteiger charge is 2.14. The Balaban J connectivity index is 2.33. The standard InChI is InChI=1S/C13H14N2O3S2/c1-9-5-6-10(20(17,18)14-2)8-11(9)15-13(16)12-4-3-7-19-12/h3-8,14H,1-2H3,(H,15,16). The van der Waals surface area contributed by atoms with Crippen molar-refractivity contribution in [3.8, 4) is 0 Å². The van der Waals surface area contributed by atoms with Gasteiger partial charge in [0.15, 0.2) is 0 Å². The molecule has 5 nitrogen and oxygen atoms in total. The number of carbonyl (C=O) groups is 1. The molecule has 0 saturated heterocycles. The van der Waals surface area contributed by atoms with Crippen LogP contribution >= 0.6 is 11.3 Å². The molecular formula is C13H14N2O3S2. The Bertz CT molecular complexity index is 722. The molecule has 0 saturated carbocycles. The minimum atomic E-state index is -3.53. The number of anilines is 1. The zero-order chi connectivity index (χ0) is 14.8. The molecule has 20 heavy (non-hydrogen) atoms. The smallest absolute Gasteiger partial charge is 0.265 e. The van der Waals surface area contributed by atoms with Crippen molar-refractivity contribution in [2.24, 2.45) is 0 Å². The lowest BCUT2D eigenvalue weighted by Crippen LogP contribution is -2.19. The van der Waals surface area contributed by atoms with E-state index in [0.717, 1.165) is 5.56 Å². The Morgan fingerprint density at radius 3 is 2.60 bits per heavy atom. The third-order valence-corrected chi connectivity index (χ3v) is 5.06. The zero-order valence-corrected chi connectivity index (χ0v) is 12.6. The highest BCUT2D eigenvalue weighted by Crippen LogP contribution is 2.21. The third kappa shape index (κ3) is 3.06. The van der Waals surface area contributed by atoms with Crippen LogP contribution in [0.3, 0.4) is 0 Å². The Morgan fingerprint density at radius 2 is 2.00 bits per heavy atom. The molecule has 0 radical (unpaired) electrons. The van der Waals surface area contributed by atoms with Crippen molar-refractivity contribution in [1.29, 1.82) is 0 Å². The molecule has 0 unspecified atom stereocenters. The van der Waals surface area contributed by atoms with Gasteiger partial charge < -0.3 is 5.32 Å². The maximum Gasteiger partial charge on any atom is 0.265 e. The van der Waals surface area contributed by atoms with Gasteiger partial charge in [-0.1, -0.05) is 12.1 Å². The number of rotatable bonds is 4. The van der Waals surface area contributed by atoms with Gasteiger partial charge >= 0.3 is 0 Å². The number of amides is 1. The van der Waals surface area contributed by atoms with E-state index in [-0.39, 0.29) is 10.8 Å². The molecule has 0 aliphatic carbocycles. The fourth-order valence-electron chi connectivity index (χ4n) is 1.61. The van der Waals surface area contributed by atoms with E-state index in [2.05, 4.69) is 10.0 Å². The molecular weight excluding hydrogens is 296 g/mol. The third-order valence-electron chi connectivity index (χ3n) is 2.78. The minimum Gasteiger partial charge on any atom is -0.321 e. The van der Waals surface area contributed by atoms with E-state index in [4.69, 9.17) is 0 Å². The molecule has 106 valence electrons. The highest BCUT2D eigenvalue weighted by molar-refractivity contribution is 7.89. The summed E-state index contributed by atoms with van der Waals surface area (Å²) >= 11 is 1.33. The average molecular weight is 310 g/mol. The molecule has 0 atom stereocenters. The summed E-state index contributed by atoms with van der Waals surface area (Å²) < 4.78 is 25.8. The molecule has 2 rings (SSSR count). The van der Waals surface area contributed by atoms with Gasteiger partial charge in [0.05, 0.1) is 9.77 Å².